The van der Waals surface area contributed by atoms with Gasteiger partial charge in [-0.3, -0.25) is 9.59 Å². The smallest absolute Gasteiger partial charge is 0.389 e. The van der Waals surface area contributed by atoms with Crippen molar-refractivity contribution in [2.75, 3.05) is 5.32 Å². The summed E-state index contributed by atoms with van der Waals surface area (Å²) in [7, 11) is 0. The molecule has 0 spiro atoms. The molecular weight excluding hydrogens is 306 g/mol. The molecule has 8 heteroatoms. The third-order valence-corrected chi connectivity index (χ3v) is 2.90. The maximum atomic E-state index is 13.5. The van der Waals surface area contributed by atoms with Crippen molar-refractivity contribution in [3.05, 3.63) is 29.6 Å². The van der Waals surface area contributed by atoms with Crippen LogP contribution in [-0.4, -0.2) is 23.2 Å². The van der Waals surface area contributed by atoms with Gasteiger partial charge in [0.2, 0.25) is 5.91 Å². The summed E-state index contributed by atoms with van der Waals surface area (Å²) in [5.41, 5.74) is 0.199. The molecule has 0 radical (unpaired) electrons. The molecule has 0 heterocycles. The van der Waals surface area contributed by atoms with Gasteiger partial charge in [0.25, 0.3) is 0 Å². The van der Waals surface area contributed by atoms with Gasteiger partial charge in [-0.25, -0.2) is 4.39 Å². The van der Waals surface area contributed by atoms with Crippen molar-refractivity contribution in [2.45, 2.75) is 32.4 Å². The molecule has 0 unspecified atom stereocenters. The number of aliphatic carboxylic acids is 1. The van der Waals surface area contributed by atoms with Crippen molar-refractivity contribution in [1.82, 2.24) is 0 Å². The van der Waals surface area contributed by atoms with E-state index in [2.05, 4.69) is 5.32 Å². The Bertz CT molecular complexity index is 558. The van der Waals surface area contributed by atoms with E-state index in [1.165, 1.54) is 19.1 Å². The molecule has 1 atom stereocenters. The average Bonchev–Trinajstić information content (AvgIpc) is 2.39. The van der Waals surface area contributed by atoms with Crippen molar-refractivity contribution in [1.29, 1.82) is 0 Å². The van der Waals surface area contributed by atoms with E-state index in [1.54, 1.807) is 0 Å². The van der Waals surface area contributed by atoms with Gasteiger partial charge >= 0.3 is 12.1 Å². The van der Waals surface area contributed by atoms with Crippen LogP contribution in [0.2, 0.25) is 0 Å². The first-order valence-electron chi connectivity index (χ1n) is 6.46. The number of benzene rings is 1. The molecule has 1 aromatic carbocycles. The number of carbonyl (C=O) groups excluding carboxylic acids is 1. The number of hydrogen-bond acceptors (Lipinski definition) is 2. The number of rotatable bonds is 6. The second-order valence-corrected chi connectivity index (χ2v) is 4.92. The number of anilines is 1. The molecular formula is C14H15F4NO3. The number of carbonyl (C=O) groups is 2. The van der Waals surface area contributed by atoms with Gasteiger partial charge in [0.05, 0.1) is 18.0 Å². The standard InChI is InChI=1S/C14H15F4NO3/c1-8(13(21)22)6-9-2-3-10(15)11(7-9)19-12(20)4-5-14(16,17)18/h2-3,7-8H,4-6H2,1H3,(H,19,20)(H,21,22)/t8-/m1/s1. The van der Waals surface area contributed by atoms with E-state index in [-0.39, 0.29) is 12.1 Å². The van der Waals surface area contributed by atoms with Crippen LogP contribution >= 0.6 is 0 Å². The number of hydrogen-bond donors (Lipinski definition) is 2. The fraction of sp³-hybridized carbons (Fsp3) is 0.429. The Balaban J connectivity index is 2.74. The lowest BCUT2D eigenvalue weighted by Gasteiger charge is -2.11. The molecule has 122 valence electrons. The molecule has 0 bridgehead atoms. The minimum Gasteiger partial charge on any atom is -0.481 e. The Labute approximate surface area is 124 Å². The molecule has 0 aliphatic heterocycles. The van der Waals surface area contributed by atoms with Gasteiger partial charge in [0.1, 0.15) is 5.82 Å². The molecule has 22 heavy (non-hydrogen) atoms. The number of carboxylic acid groups (broad SMARTS) is 1. The monoisotopic (exact) mass is 321 g/mol. The molecule has 1 aromatic rings. The van der Waals surface area contributed by atoms with E-state index in [4.69, 9.17) is 5.11 Å². The van der Waals surface area contributed by atoms with Gasteiger partial charge in [-0.1, -0.05) is 13.0 Å². The van der Waals surface area contributed by atoms with Crippen LogP contribution in [-0.2, 0) is 16.0 Å². The second kappa shape index (κ2) is 7.24. The topological polar surface area (TPSA) is 66.4 Å². The number of carboxylic acids is 1. The summed E-state index contributed by atoms with van der Waals surface area (Å²) in [6.07, 6.45) is -6.45. The van der Waals surface area contributed by atoms with Crippen LogP contribution in [0.5, 0.6) is 0 Å². The lowest BCUT2D eigenvalue weighted by Crippen LogP contribution is -2.17. The highest BCUT2D eigenvalue weighted by molar-refractivity contribution is 5.90. The molecule has 0 saturated carbocycles. The van der Waals surface area contributed by atoms with Crippen molar-refractivity contribution in [3.8, 4) is 0 Å². The van der Waals surface area contributed by atoms with Crippen molar-refractivity contribution >= 4 is 17.6 Å². The largest absolute Gasteiger partial charge is 0.481 e. The summed E-state index contributed by atoms with van der Waals surface area (Å²) in [5, 5.41) is 10.9. The third-order valence-electron chi connectivity index (χ3n) is 2.90. The van der Waals surface area contributed by atoms with E-state index < -0.39 is 42.6 Å². The zero-order valence-electron chi connectivity index (χ0n) is 11.7. The Morgan fingerprint density at radius 3 is 2.50 bits per heavy atom. The van der Waals surface area contributed by atoms with E-state index in [1.807, 2.05) is 0 Å². The normalized spacial score (nSPS) is 12.8. The number of nitrogens with one attached hydrogen (secondary N) is 1. The minimum absolute atomic E-state index is 0.112. The van der Waals surface area contributed by atoms with Gasteiger partial charge in [0.15, 0.2) is 0 Å². The maximum Gasteiger partial charge on any atom is 0.389 e. The highest BCUT2D eigenvalue weighted by atomic mass is 19.4. The van der Waals surface area contributed by atoms with Gasteiger partial charge < -0.3 is 10.4 Å². The molecule has 1 rings (SSSR count). The number of amides is 1. The summed E-state index contributed by atoms with van der Waals surface area (Å²) in [4.78, 5) is 22.1. The quantitative estimate of drug-likeness (QED) is 0.790. The zero-order chi connectivity index (χ0) is 16.9. The predicted molar refractivity (Wildman–Crippen MR) is 70.8 cm³/mol. The third kappa shape index (κ3) is 6.11. The first-order valence-corrected chi connectivity index (χ1v) is 6.46. The first-order chi connectivity index (χ1) is 10.1. The first kappa shape index (κ1) is 17.9. The Kier molecular flexibility index (Phi) is 5.90. The van der Waals surface area contributed by atoms with E-state index in [0.717, 1.165) is 6.07 Å². The van der Waals surface area contributed by atoms with Crippen LogP contribution in [0.25, 0.3) is 0 Å². The van der Waals surface area contributed by atoms with Crippen molar-refractivity contribution < 1.29 is 32.3 Å². The number of halogens is 4. The summed E-state index contributed by atoms with van der Waals surface area (Å²) < 4.78 is 49.6. The Hall–Kier alpha value is -2.12. The number of alkyl halides is 3. The zero-order valence-corrected chi connectivity index (χ0v) is 11.7. The lowest BCUT2D eigenvalue weighted by atomic mass is 10.0. The van der Waals surface area contributed by atoms with Crippen molar-refractivity contribution in [2.24, 2.45) is 5.92 Å². The van der Waals surface area contributed by atoms with E-state index in [9.17, 15) is 27.2 Å². The molecule has 0 aliphatic carbocycles. The molecule has 0 aromatic heterocycles. The van der Waals surface area contributed by atoms with Crippen LogP contribution in [0.4, 0.5) is 23.2 Å². The van der Waals surface area contributed by atoms with Crippen LogP contribution < -0.4 is 5.32 Å². The minimum atomic E-state index is -4.46. The summed E-state index contributed by atoms with van der Waals surface area (Å²) in [6.45, 7) is 1.47. The maximum absolute atomic E-state index is 13.5. The Morgan fingerprint density at radius 2 is 1.95 bits per heavy atom. The molecule has 0 saturated heterocycles. The van der Waals surface area contributed by atoms with Crippen LogP contribution in [0.15, 0.2) is 18.2 Å². The SMILES string of the molecule is C[C@H](Cc1ccc(F)c(NC(=O)CCC(F)(F)F)c1)C(=O)O. The molecule has 0 fully saturated rings. The molecule has 0 aliphatic rings. The fourth-order valence-electron chi connectivity index (χ4n) is 1.70. The van der Waals surface area contributed by atoms with Crippen LogP contribution in [0, 0.1) is 11.7 Å². The molecule has 1 amide bonds. The van der Waals surface area contributed by atoms with E-state index >= 15 is 0 Å². The van der Waals surface area contributed by atoms with Gasteiger partial charge in [0, 0.05) is 6.42 Å². The summed E-state index contributed by atoms with van der Waals surface area (Å²) in [6, 6.07) is 3.61. The average molecular weight is 321 g/mol. The van der Waals surface area contributed by atoms with Gasteiger partial charge in [-0.2, -0.15) is 13.2 Å². The predicted octanol–water partition coefficient (Wildman–Crippen LogP) is 3.37. The van der Waals surface area contributed by atoms with Gasteiger partial charge in [-0.05, 0) is 24.1 Å². The fourth-order valence-corrected chi connectivity index (χ4v) is 1.70. The summed E-state index contributed by atoms with van der Waals surface area (Å²) >= 11 is 0. The molecule has 2 N–H and O–H groups in total. The van der Waals surface area contributed by atoms with E-state index in [0.29, 0.717) is 5.56 Å². The lowest BCUT2D eigenvalue weighted by molar-refractivity contribution is -0.142. The van der Waals surface area contributed by atoms with Gasteiger partial charge in [-0.15, -0.1) is 0 Å². The van der Waals surface area contributed by atoms with Crippen LogP contribution in [0.1, 0.15) is 25.3 Å². The second-order valence-electron chi connectivity index (χ2n) is 4.92. The van der Waals surface area contributed by atoms with Crippen molar-refractivity contribution in [3.63, 3.8) is 0 Å². The molecule has 4 nitrogen and oxygen atoms in total. The highest BCUT2D eigenvalue weighted by Crippen LogP contribution is 2.23. The highest BCUT2D eigenvalue weighted by Gasteiger charge is 2.28. The summed E-state index contributed by atoms with van der Waals surface area (Å²) in [5.74, 6) is -3.49. The Morgan fingerprint density at radius 1 is 1.32 bits per heavy atom. The van der Waals surface area contributed by atoms with Crippen LogP contribution in [0.3, 0.4) is 0 Å².